The van der Waals surface area contributed by atoms with Gasteiger partial charge in [0.15, 0.2) is 0 Å². The fourth-order valence-electron chi connectivity index (χ4n) is 7.54. The lowest BCUT2D eigenvalue weighted by Gasteiger charge is -2.38. The number of nitrogens with zero attached hydrogens (tertiary/aromatic N) is 3. The van der Waals surface area contributed by atoms with Gasteiger partial charge in [0, 0.05) is 31.0 Å². The van der Waals surface area contributed by atoms with Crippen molar-refractivity contribution in [2.75, 3.05) is 42.6 Å². The van der Waals surface area contributed by atoms with Gasteiger partial charge in [0.05, 0.1) is 30.8 Å². The summed E-state index contributed by atoms with van der Waals surface area (Å²) in [5.74, 6) is -2.76. The Kier molecular flexibility index (Phi) is 10.4. The van der Waals surface area contributed by atoms with E-state index in [0.717, 1.165) is 31.6 Å². The van der Waals surface area contributed by atoms with Gasteiger partial charge in [0.1, 0.15) is 17.6 Å². The van der Waals surface area contributed by atoms with Crippen LogP contribution < -0.4 is 9.80 Å². The van der Waals surface area contributed by atoms with Crippen LogP contribution in [0.5, 0.6) is 0 Å². The number of hydrogen-bond acceptors (Lipinski definition) is 7. The number of fused-ring (bicyclic) bond motifs is 1. The van der Waals surface area contributed by atoms with Gasteiger partial charge in [-0.15, -0.1) is 13.2 Å². The number of allylic oxidation sites excluding steroid dienone is 1. The summed E-state index contributed by atoms with van der Waals surface area (Å²) in [5.41, 5.74) is -0.336. The fraction of sp³-hybridized carbons (Fsp3) is 0.618. The predicted octanol–water partition coefficient (Wildman–Crippen LogP) is 4.49. The Hall–Kier alpha value is -3.17. The van der Waals surface area contributed by atoms with Crippen molar-refractivity contribution < 1.29 is 29.0 Å². The molecule has 236 valence electrons. The summed E-state index contributed by atoms with van der Waals surface area (Å²) in [6.45, 7) is 17.4. The average molecular weight is 596 g/mol. The topological polar surface area (TPSA) is 99.6 Å². The predicted molar refractivity (Wildman–Crippen MR) is 168 cm³/mol. The average Bonchev–Trinajstić information content (AvgIpc) is 3.63. The van der Waals surface area contributed by atoms with E-state index in [4.69, 9.17) is 9.47 Å². The zero-order valence-corrected chi connectivity index (χ0v) is 26.3. The van der Waals surface area contributed by atoms with Gasteiger partial charge in [-0.3, -0.25) is 14.4 Å². The van der Waals surface area contributed by atoms with E-state index in [2.05, 4.69) is 31.9 Å². The number of aliphatic hydroxyl groups is 1. The van der Waals surface area contributed by atoms with Gasteiger partial charge < -0.3 is 29.3 Å². The van der Waals surface area contributed by atoms with Crippen molar-refractivity contribution in [1.82, 2.24) is 4.90 Å². The minimum Gasteiger partial charge on any atom is -0.465 e. The van der Waals surface area contributed by atoms with E-state index in [9.17, 15) is 19.5 Å². The van der Waals surface area contributed by atoms with E-state index in [1.54, 1.807) is 17.9 Å². The third-order valence-corrected chi connectivity index (χ3v) is 9.76. The molecule has 4 rings (SSSR count). The van der Waals surface area contributed by atoms with E-state index >= 15 is 0 Å². The third kappa shape index (κ3) is 5.62. The summed E-state index contributed by atoms with van der Waals surface area (Å²) in [6, 6.07) is 6.15. The van der Waals surface area contributed by atoms with Crippen LogP contribution in [0.4, 0.5) is 11.4 Å². The Morgan fingerprint density at radius 2 is 1.79 bits per heavy atom. The molecule has 0 saturated carbocycles. The first-order valence-corrected chi connectivity index (χ1v) is 15.9. The summed E-state index contributed by atoms with van der Waals surface area (Å²) in [5, 5.41) is 10.2. The number of unbranched alkanes of at least 4 members (excludes halogenated alkanes) is 2. The Labute approximate surface area is 256 Å². The molecule has 1 spiro atoms. The van der Waals surface area contributed by atoms with Crippen molar-refractivity contribution in [3.05, 3.63) is 49.6 Å². The molecule has 3 aliphatic rings. The highest BCUT2D eigenvalue weighted by atomic mass is 16.6. The van der Waals surface area contributed by atoms with Crippen LogP contribution in [0.15, 0.2) is 49.6 Å². The molecule has 9 heteroatoms. The minimum atomic E-state index is -1.19. The molecule has 2 bridgehead atoms. The normalized spacial score (nSPS) is 28.0. The molecule has 3 fully saturated rings. The van der Waals surface area contributed by atoms with E-state index in [1.807, 2.05) is 37.3 Å². The summed E-state index contributed by atoms with van der Waals surface area (Å²) in [7, 11) is 0. The third-order valence-electron chi connectivity index (χ3n) is 9.76. The highest BCUT2D eigenvalue weighted by Crippen LogP contribution is 2.64. The number of aliphatic hydroxyl groups excluding tert-OH is 1. The zero-order chi connectivity index (χ0) is 31.4. The molecule has 3 heterocycles. The van der Waals surface area contributed by atoms with Crippen LogP contribution in [-0.2, 0) is 23.9 Å². The lowest BCUT2D eigenvalue weighted by atomic mass is 9.65. The maximum Gasteiger partial charge on any atom is 0.312 e. The van der Waals surface area contributed by atoms with Gasteiger partial charge in [-0.1, -0.05) is 19.1 Å². The maximum atomic E-state index is 14.7. The number of carbonyl (C=O) groups is 3. The quantitative estimate of drug-likeness (QED) is 0.171. The van der Waals surface area contributed by atoms with Crippen LogP contribution in [0, 0.1) is 11.8 Å². The molecule has 3 aliphatic heterocycles. The first-order chi connectivity index (χ1) is 20.7. The molecule has 0 radical (unpaired) electrons. The zero-order valence-electron chi connectivity index (χ0n) is 26.3. The van der Waals surface area contributed by atoms with E-state index in [0.29, 0.717) is 31.4 Å². The number of carbonyl (C=O) groups excluding carboxylic acids is 3. The largest absolute Gasteiger partial charge is 0.465 e. The fourth-order valence-corrected chi connectivity index (χ4v) is 7.54. The van der Waals surface area contributed by atoms with E-state index < -0.39 is 41.1 Å². The van der Waals surface area contributed by atoms with Crippen molar-refractivity contribution in [1.29, 1.82) is 0 Å². The standard InChI is InChI=1S/C34H49N3O6/c1-7-12-13-14-22-42-32(41)28-27-30(39)37(24(6)23-38)29(34(27)20-19-33(28,9-3)43-34)31(40)36(21-8-2)26-17-15-25(16-18-26)35(10-4)11-5/h7-8,15-18,24,27-29,38H,1-2,9-14,19-23H2,3-6H3/t24-,27+,28-,29?,33+,34?/m1/s1. The monoisotopic (exact) mass is 595 g/mol. The molecule has 2 unspecified atom stereocenters. The summed E-state index contributed by atoms with van der Waals surface area (Å²) >= 11 is 0. The molecular weight excluding hydrogens is 546 g/mol. The van der Waals surface area contributed by atoms with Crippen molar-refractivity contribution >= 4 is 29.2 Å². The number of esters is 1. The number of likely N-dealkylation sites (tertiary alicyclic amines) is 1. The van der Waals surface area contributed by atoms with Crippen molar-refractivity contribution in [3.63, 3.8) is 0 Å². The molecular formula is C34H49N3O6. The molecule has 2 amide bonds. The number of amides is 2. The number of rotatable bonds is 16. The number of hydrogen-bond donors (Lipinski definition) is 1. The van der Waals surface area contributed by atoms with Gasteiger partial charge in [0.25, 0.3) is 5.91 Å². The number of benzene rings is 1. The molecule has 0 aromatic heterocycles. The Morgan fingerprint density at radius 1 is 1.12 bits per heavy atom. The van der Waals surface area contributed by atoms with Crippen LogP contribution in [-0.4, -0.2) is 83.9 Å². The summed E-state index contributed by atoms with van der Waals surface area (Å²) in [6.07, 6.45) is 7.43. The van der Waals surface area contributed by atoms with Crippen LogP contribution in [0.2, 0.25) is 0 Å². The smallest absolute Gasteiger partial charge is 0.312 e. The molecule has 3 saturated heterocycles. The Bertz CT molecular complexity index is 1180. The van der Waals surface area contributed by atoms with E-state index in [1.165, 1.54) is 4.90 Å². The second-order valence-electron chi connectivity index (χ2n) is 12.0. The molecule has 1 aromatic rings. The van der Waals surface area contributed by atoms with Crippen LogP contribution in [0.1, 0.15) is 66.2 Å². The van der Waals surface area contributed by atoms with Gasteiger partial charge in [0.2, 0.25) is 5.91 Å². The summed E-state index contributed by atoms with van der Waals surface area (Å²) in [4.78, 5) is 48.0. The number of anilines is 2. The van der Waals surface area contributed by atoms with Gasteiger partial charge in [-0.25, -0.2) is 0 Å². The Balaban J connectivity index is 1.72. The summed E-state index contributed by atoms with van der Waals surface area (Å²) < 4.78 is 12.6. The highest BCUT2D eigenvalue weighted by Gasteiger charge is 2.79. The maximum absolute atomic E-state index is 14.7. The first kappa shape index (κ1) is 32.7. The minimum absolute atomic E-state index is 0.228. The lowest BCUT2D eigenvalue weighted by Crippen LogP contribution is -2.58. The molecule has 1 aromatic carbocycles. The lowest BCUT2D eigenvalue weighted by molar-refractivity contribution is -0.162. The second kappa shape index (κ2) is 13.6. The van der Waals surface area contributed by atoms with Crippen LogP contribution >= 0.6 is 0 Å². The van der Waals surface area contributed by atoms with E-state index in [-0.39, 0.29) is 31.6 Å². The van der Waals surface area contributed by atoms with Crippen molar-refractivity contribution in [2.45, 2.75) is 89.5 Å². The Morgan fingerprint density at radius 3 is 2.37 bits per heavy atom. The van der Waals surface area contributed by atoms with Crippen LogP contribution in [0.3, 0.4) is 0 Å². The molecule has 0 aliphatic carbocycles. The first-order valence-electron chi connectivity index (χ1n) is 15.9. The van der Waals surface area contributed by atoms with Gasteiger partial charge in [-0.05, 0) is 83.6 Å². The molecule has 6 atom stereocenters. The van der Waals surface area contributed by atoms with Gasteiger partial charge >= 0.3 is 5.97 Å². The van der Waals surface area contributed by atoms with Crippen molar-refractivity contribution in [2.24, 2.45) is 11.8 Å². The number of ether oxygens (including phenoxy) is 2. The molecule has 1 N–H and O–H groups in total. The SMILES string of the molecule is C=CCCCCOC(=O)[C@H]1[C@H]2C(=O)N([C@H](C)CO)C(C(=O)N(CC=C)c3ccc(N(CC)CC)cc3)C23CC[C@]1(CC)O3. The second-order valence-corrected chi connectivity index (χ2v) is 12.0. The highest BCUT2D eigenvalue weighted by molar-refractivity contribution is 6.05. The van der Waals surface area contributed by atoms with Crippen LogP contribution in [0.25, 0.3) is 0 Å². The molecule has 9 nitrogen and oxygen atoms in total. The molecule has 43 heavy (non-hydrogen) atoms. The van der Waals surface area contributed by atoms with Crippen molar-refractivity contribution in [3.8, 4) is 0 Å². The van der Waals surface area contributed by atoms with Gasteiger partial charge in [-0.2, -0.15) is 0 Å².